The zero-order chi connectivity index (χ0) is 13.3. The smallest absolute Gasteiger partial charge is 0.0956 e. The van der Waals surface area contributed by atoms with Crippen LogP contribution in [0.15, 0.2) is 31.0 Å². The van der Waals surface area contributed by atoms with Gasteiger partial charge in [-0.3, -0.25) is 4.98 Å². The molecule has 0 unspecified atom stereocenters. The van der Waals surface area contributed by atoms with Crippen LogP contribution in [0.4, 0.5) is 5.69 Å². The van der Waals surface area contributed by atoms with Crippen molar-refractivity contribution in [1.29, 1.82) is 0 Å². The summed E-state index contributed by atoms with van der Waals surface area (Å²) in [6.07, 6.45) is 9.20. The van der Waals surface area contributed by atoms with Crippen molar-refractivity contribution in [2.24, 2.45) is 0 Å². The van der Waals surface area contributed by atoms with Crippen molar-refractivity contribution >= 4 is 5.69 Å². The van der Waals surface area contributed by atoms with E-state index in [-0.39, 0.29) is 5.54 Å². The summed E-state index contributed by atoms with van der Waals surface area (Å²) in [5, 5.41) is 0. The van der Waals surface area contributed by atoms with Crippen LogP contribution in [0.5, 0.6) is 0 Å². The van der Waals surface area contributed by atoms with Crippen LogP contribution in [0.2, 0.25) is 0 Å². The summed E-state index contributed by atoms with van der Waals surface area (Å²) in [5.41, 5.74) is 8.77. The second-order valence-electron chi connectivity index (χ2n) is 5.22. The fraction of sp³-hybridized carbons (Fsp3) is 0.429. The van der Waals surface area contributed by atoms with Crippen LogP contribution in [-0.2, 0) is 10.3 Å². The lowest BCUT2D eigenvalue weighted by atomic mass is 9.91. The molecular weight excluding hydrogens is 240 g/mol. The average Bonchev–Trinajstić information content (AvgIpc) is 2.90. The number of pyridine rings is 1. The van der Waals surface area contributed by atoms with Crippen molar-refractivity contribution < 1.29 is 4.74 Å². The van der Waals surface area contributed by atoms with E-state index in [1.807, 2.05) is 18.6 Å². The third kappa shape index (κ3) is 2.10. The highest BCUT2D eigenvalue weighted by Crippen LogP contribution is 2.34. The molecule has 2 N–H and O–H groups in total. The molecule has 0 aromatic carbocycles. The zero-order valence-electron chi connectivity index (χ0n) is 11.0. The van der Waals surface area contributed by atoms with Gasteiger partial charge in [0.2, 0.25) is 0 Å². The molecule has 1 aliphatic heterocycles. The van der Waals surface area contributed by atoms with Gasteiger partial charge < -0.3 is 15.0 Å². The maximum absolute atomic E-state index is 6.05. The molecule has 0 spiro atoms. The number of nitrogen functional groups attached to an aromatic ring is 1. The fourth-order valence-electron chi connectivity index (χ4n) is 2.60. The Morgan fingerprint density at radius 3 is 2.79 bits per heavy atom. The SMILES string of the molecule is CC1(n2cncc2-c2cnccc2N)CCOCC1. The highest BCUT2D eigenvalue weighted by Gasteiger charge is 2.31. The van der Waals surface area contributed by atoms with Gasteiger partial charge in [-0.2, -0.15) is 0 Å². The van der Waals surface area contributed by atoms with E-state index in [9.17, 15) is 0 Å². The van der Waals surface area contributed by atoms with Crippen LogP contribution in [0.3, 0.4) is 0 Å². The first-order valence-electron chi connectivity index (χ1n) is 6.51. The predicted molar refractivity (Wildman–Crippen MR) is 73.6 cm³/mol. The monoisotopic (exact) mass is 258 g/mol. The highest BCUT2D eigenvalue weighted by molar-refractivity contribution is 5.72. The van der Waals surface area contributed by atoms with E-state index in [0.717, 1.165) is 43.0 Å². The molecule has 1 fully saturated rings. The molecule has 0 amide bonds. The average molecular weight is 258 g/mol. The number of nitrogens with two attached hydrogens (primary N) is 1. The predicted octanol–water partition coefficient (Wildman–Crippen LogP) is 2.05. The molecule has 5 nitrogen and oxygen atoms in total. The van der Waals surface area contributed by atoms with Crippen LogP contribution in [0, 0.1) is 0 Å². The van der Waals surface area contributed by atoms with E-state index in [2.05, 4.69) is 21.5 Å². The molecule has 0 aliphatic carbocycles. The number of aromatic nitrogens is 3. The molecule has 2 aromatic heterocycles. The Morgan fingerprint density at radius 1 is 1.26 bits per heavy atom. The highest BCUT2D eigenvalue weighted by atomic mass is 16.5. The zero-order valence-corrected chi connectivity index (χ0v) is 11.0. The summed E-state index contributed by atoms with van der Waals surface area (Å²) in [6, 6.07) is 1.82. The normalized spacial score (nSPS) is 18.4. The quantitative estimate of drug-likeness (QED) is 0.895. The minimum absolute atomic E-state index is 0.0341. The van der Waals surface area contributed by atoms with Gasteiger partial charge >= 0.3 is 0 Å². The fourth-order valence-corrected chi connectivity index (χ4v) is 2.60. The number of imidazole rings is 1. The van der Waals surface area contributed by atoms with Gasteiger partial charge in [-0.05, 0) is 25.8 Å². The first-order valence-corrected chi connectivity index (χ1v) is 6.51. The standard InChI is InChI=1S/C14H18N4O/c1-14(3-6-19-7-4-14)18-10-17-9-13(18)11-8-16-5-2-12(11)15/h2,5,8-10H,3-4,6-7H2,1H3,(H2,15,16). The molecule has 3 rings (SSSR count). The van der Waals surface area contributed by atoms with Crippen molar-refractivity contribution in [3.8, 4) is 11.3 Å². The number of ether oxygens (including phenoxy) is 1. The summed E-state index contributed by atoms with van der Waals surface area (Å²) in [4.78, 5) is 8.46. The van der Waals surface area contributed by atoms with Crippen LogP contribution < -0.4 is 5.73 Å². The summed E-state index contributed by atoms with van der Waals surface area (Å²) in [7, 11) is 0. The maximum Gasteiger partial charge on any atom is 0.0956 e. The minimum Gasteiger partial charge on any atom is -0.398 e. The van der Waals surface area contributed by atoms with E-state index in [1.54, 1.807) is 12.4 Å². The first kappa shape index (κ1) is 12.2. The van der Waals surface area contributed by atoms with Crippen molar-refractivity contribution in [2.75, 3.05) is 18.9 Å². The van der Waals surface area contributed by atoms with Crippen molar-refractivity contribution in [1.82, 2.24) is 14.5 Å². The molecule has 0 saturated carbocycles. The van der Waals surface area contributed by atoms with Gasteiger partial charge in [0.05, 0.1) is 18.2 Å². The van der Waals surface area contributed by atoms with Crippen LogP contribution in [0.1, 0.15) is 19.8 Å². The Labute approximate surface area is 112 Å². The van der Waals surface area contributed by atoms with Gasteiger partial charge in [0, 0.05) is 42.4 Å². The van der Waals surface area contributed by atoms with Crippen molar-refractivity contribution in [3.63, 3.8) is 0 Å². The lowest BCUT2D eigenvalue weighted by Gasteiger charge is -2.36. The minimum atomic E-state index is 0.0341. The molecule has 0 radical (unpaired) electrons. The molecular formula is C14H18N4O. The topological polar surface area (TPSA) is 66.0 Å². The van der Waals surface area contributed by atoms with Crippen molar-refractivity contribution in [3.05, 3.63) is 31.0 Å². The first-order chi connectivity index (χ1) is 9.21. The van der Waals surface area contributed by atoms with Crippen LogP contribution >= 0.6 is 0 Å². The second kappa shape index (κ2) is 4.66. The molecule has 100 valence electrons. The molecule has 1 saturated heterocycles. The molecule has 19 heavy (non-hydrogen) atoms. The van der Waals surface area contributed by atoms with Crippen LogP contribution in [0.25, 0.3) is 11.3 Å². The van der Waals surface area contributed by atoms with Gasteiger partial charge in [-0.1, -0.05) is 0 Å². The Hall–Kier alpha value is -1.88. The van der Waals surface area contributed by atoms with E-state index < -0.39 is 0 Å². The third-order valence-corrected chi connectivity index (χ3v) is 3.92. The maximum atomic E-state index is 6.05. The van der Waals surface area contributed by atoms with Gasteiger partial charge in [0.15, 0.2) is 0 Å². The van der Waals surface area contributed by atoms with E-state index in [1.165, 1.54) is 0 Å². The second-order valence-corrected chi connectivity index (χ2v) is 5.22. The molecule has 0 bridgehead atoms. The largest absolute Gasteiger partial charge is 0.398 e. The lowest BCUT2D eigenvalue weighted by Crippen LogP contribution is -2.36. The number of rotatable bonds is 2. The Balaban J connectivity index is 2.06. The third-order valence-electron chi connectivity index (χ3n) is 3.92. The number of nitrogens with zero attached hydrogens (tertiary/aromatic N) is 3. The Bertz CT molecular complexity index is 572. The van der Waals surface area contributed by atoms with E-state index in [4.69, 9.17) is 10.5 Å². The van der Waals surface area contributed by atoms with E-state index in [0.29, 0.717) is 0 Å². The summed E-state index contributed by atoms with van der Waals surface area (Å²) in [5.74, 6) is 0. The number of anilines is 1. The summed E-state index contributed by atoms with van der Waals surface area (Å²) in [6.45, 7) is 3.82. The Kier molecular flexibility index (Phi) is 2.98. The molecule has 3 heterocycles. The van der Waals surface area contributed by atoms with Gasteiger partial charge in [0.1, 0.15) is 0 Å². The van der Waals surface area contributed by atoms with E-state index >= 15 is 0 Å². The lowest BCUT2D eigenvalue weighted by molar-refractivity contribution is 0.0301. The van der Waals surface area contributed by atoms with Crippen molar-refractivity contribution in [2.45, 2.75) is 25.3 Å². The van der Waals surface area contributed by atoms with Gasteiger partial charge in [0.25, 0.3) is 0 Å². The molecule has 1 aliphatic rings. The molecule has 2 aromatic rings. The molecule has 0 atom stereocenters. The summed E-state index contributed by atoms with van der Waals surface area (Å²) < 4.78 is 7.67. The van der Waals surface area contributed by atoms with Gasteiger partial charge in [-0.15, -0.1) is 0 Å². The Morgan fingerprint density at radius 2 is 2.05 bits per heavy atom. The van der Waals surface area contributed by atoms with Crippen LogP contribution in [-0.4, -0.2) is 27.7 Å². The summed E-state index contributed by atoms with van der Waals surface area (Å²) >= 11 is 0. The number of hydrogen-bond acceptors (Lipinski definition) is 4. The molecule has 5 heteroatoms. The number of hydrogen-bond donors (Lipinski definition) is 1. The van der Waals surface area contributed by atoms with Gasteiger partial charge in [-0.25, -0.2) is 4.98 Å².